The molecule has 0 saturated carbocycles. The van der Waals surface area contributed by atoms with Crippen LogP contribution in [0.4, 0.5) is 0 Å². The molecule has 49 valence electrons. The lowest BCUT2D eigenvalue weighted by molar-refractivity contribution is 0.709. The topological polar surface area (TPSA) is 17.8 Å². The Kier molecular flexibility index (Phi) is 1.56. The zero-order chi connectivity index (χ0) is 6.85. The third kappa shape index (κ3) is 1.12. The van der Waals surface area contributed by atoms with E-state index >= 15 is 0 Å². The quantitative estimate of drug-likeness (QED) is 0.551. The molecule has 1 rings (SSSR count). The van der Waals surface area contributed by atoms with Gasteiger partial charge in [0.05, 0.1) is 12.4 Å². The van der Waals surface area contributed by atoms with Crippen molar-refractivity contribution >= 4 is 0 Å². The number of imidazole rings is 1. The smallest absolute Gasteiger partial charge is 0.111 e. The predicted molar refractivity (Wildman–Crippen MR) is 36.1 cm³/mol. The van der Waals surface area contributed by atoms with Crippen molar-refractivity contribution in [3.63, 3.8) is 0 Å². The molecule has 0 aliphatic carbocycles. The summed E-state index contributed by atoms with van der Waals surface area (Å²) in [5.41, 5.74) is 0. The van der Waals surface area contributed by atoms with Crippen molar-refractivity contribution in [1.29, 1.82) is 0 Å². The standard InChI is InChI=1S/C7H11N2/c1-6(2)7-8-4-5-9(7)3/h4,6H,1-3H3. The normalized spacial score (nSPS) is 10.7. The highest BCUT2D eigenvalue weighted by Gasteiger charge is 2.02. The molecule has 2 heteroatoms. The second-order valence-corrected chi connectivity index (χ2v) is 2.46. The Hall–Kier alpha value is -0.790. The number of hydrogen-bond donors (Lipinski definition) is 0. The summed E-state index contributed by atoms with van der Waals surface area (Å²) in [6.45, 7) is 4.24. The molecule has 0 bridgehead atoms. The van der Waals surface area contributed by atoms with E-state index in [4.69, 9.17) is 0 Å². The van der Waals surface area contributed by atoms with Gasteiger partial charge in [0.1, 0.15) is 5.82 Å². The molecule has 1 aromatic rings. The lowest BCUT2D eigenvalue weighted by atomic mass is 10.2. The molecule has 0 N–H and O–H groups in total. The Morgan fingerprint density at radius 2 is 2.33 bits per heavy atom. The maximum Gasteiger partial charge on any atom is 0.111 e. The van der Waals surface area contributed by atoms with Gasteiger partial charge < -0.3 is 4.57 Å². The maximum atomic E-state index is 4.12. The third-order valence-corrected chi connectivity index (χ3v) is 1.31. The molecule has 1 radical (unpaired) electrons. The first-order valence-electron chi connectivity index (χ1n) is 3.11. The maximum absolute atomic E-state index is 4.12. The molecule has 0 spiro atoms. The van der Waals surface area contributed by atoms with Crippen LogP contribution in [0.1, 0.15) is 25.6 Å². The van der Waals surface area contributed by atoms with Crippen LogP contribution in [0.2, 0.25) is 0 Å². The number of hydrogen-bond acceptors (Lipinski definition) is 1. The molecule has 0 atom stereocenters. The van der Waals surface area contributed by atoms with Crippen molar-refractivity contribution in [3.05, 3.63) is 18.2 Å². The molecule has 1 aromatic heterocycles. The Morgan fingerprint density at radius 3 is 2.56 bits per heavy atom. The van der Waals surface area contributed by atoms with Crippen molar-refractivity contribution in [2.75, 3.05) is 0 Å². The van der Waals surface area contributed by atoms with Gasteiger partial charge in [-0.1, -0.05) is 13.8 Å². The monoisotopic (exact) mass is 123 g/mol. The summed E-state index contributed by atoms with van der Waals surface area (Å²) in [5, 5.41) is 0. The zero-order valence-corrected chi connectivity index (χ0v) is 6.05. The van der Waals surface area contributed by atoms with Crippen LogP contribution in [0.25, 0.3) is 0 Å². The minimum Gasteiger partial charge on any atom is -0.330 e. The SMILES string of the molecule is CC(C)c1nc[c]n1C. The minimum atomic E-state index is 0.501. The van der Waals surface area contributed by atoms with Gasteiger partial charge in [-0.25, -0.2) is 4.98 Å². The molecule has 9 heavy (non-hydrogen) atoms. The summed E-state index contributed by atoms with van der Waals surface area (Å²) in [6, 6.07) is 0. The van der Waals surface area contributed by atoms with E-state index in [2.05, 4.69) is 25.0 Å². The van der Waals surface area contributed by atoms with Gasteiger partial charge in [0.15, 0.2) is 0 Å². The van der Waals surface area contributed by atoms with Crippen molar-refractivity contribution in [1.82, 2.24) is 9.55 Å². The van der Waals surface area contributed by atoms with Crippen LogP contribution in [0, 0.1) is 6.20 Å². The van der Waals surface area contributed by atoms with E-state index in [1.807, 2.05) is 11.6 Å². The summed E-state index contributed by atoms with van der Waals surface area (Å²) in [7, 11) is 1.96. The fraction of sp³-hybridized carbons (Fsp3) is 0.571. The first kappa shape index (κ1) is 6.33. The van der Waals surface area contributed by atoms with Gasteiger partial charge in [0, 0.05) is 13.0 Å². The van der Waals surface area contributed by atoms with Gasteiger partial charge in [-0.05, 0) is 0 Å². The molecular formula is C7H11N2. The molecule has 0 unspecified atom stereocenters. The van der Waals surface area contributed by atoms with Crippen molar-refractivity contribution in [2.45, 2.75) is 19.8 Å². The molecule has 0 saturated heterocycles. The fourth-order valence-electron chi connectivity index (χ4n) is 0.871. The highest BCUT2D eigenvalue weighted by molar-refractivity contribution is 4.94. The zero-order valence-electron chi connectivity index (χ0n) is 6.05. The second kappa shape index (κ2) is 2.21. The number of aromatic nitrogens is 2. The average molecular weight is 123 g/mol. The summed E-state index contributed by atoms with van der Waals surface area (Å²) >= 11 is 0. The lowest BCUT2D eigenvalue weighted by Gasteiger charge is -2.02. The highest BCUT2D eigenvalue weighted by Crippen LogP contribution is 2.08. The highest BCUT2D eigenvalue weighted by atomic mass is 15.0. The summed E-state index contributed by atoms with van der Waals surface area (Å²) in [6.07, 6.45) is 4.66. The van der Waals surface area contributed by atoms with Crippen LogP contribution in [-0.2, 0) is 7.05 Å². The van der Waals surface area contributed by atoms with Crippen LogP contribution >= 0.6 is 0 Å². The summed E-state index contributed by atoms with van der Waals surface area (Å²) < 4.78 is 1.92. The summed E-state index contributed by atoms with van der Waals surface area (Å²) in [4.78, 5) is 4.12. The van der Waals surface area contributed by atoms with E-state index in [0.717, 1.165) is 5.82 Å². The van der Waals surface area contributed by atoms with Crippen LogP contribution in [0.15, 0.2) is 6.20 Å². The van der Waals surface area contributed by atoms with Gasteiger partial charge >= 0.3 is 0 Å². The molecule has 0 aromatic carbocycles. The van der Waals surface area contributed by atoms with Crippen LogP contribution in [0.5, 0.6) is 0 Å². The Bertz CT molecular complexity index is 189. The van der Waals surface area contributed by atoms with Crippen LogP contribution in [-0.4, -0.2) is 9.55 Å². The Labute approximate surface area is 55.5 Å². The van der Waals surface area contributed by atoms with Gasteiger partial charge in [-0.15, -0.1) is 0 Å². The van der Waals surface area contributed by atoms with E-state index in [1.54, 1.807) is 6.20 Å². The molecule has 0 aliphatic heterocycles. The summed E-state index contributed by atoms with van der Waals surface area (Å²) in [5.74, 6) is 1.59. The first-order chi connectivity index (χ1) is 4.22. The van der Waals surface area contributed by atoms with Gasteiger partial charge in [0.25, 0.3) is 0 Å². The second-order valence-electron chi connectivity index (χ2n) is 2.46. The Morgan fingerprint density at radius 1 is 1.67 bits per heavy atom. The molecule has 1 heterocycles. The minimum absolute atomic E-state index is 0.501. The van der Waals surface area contributed by atoms with Gasteiger partial charge in [-0.3, -0.25) is 0 Å². The van der Waals surface area contributed by atoms with Crippen LogP contribution in [0.3, 0.4) is 0 Å². The predicted octanol–water partition coefficient (Wildman–Crippen LogP) is 1.34. The van der Waals surface area contributed by atoms with E-state index < -0.39 is 0 Å². The number of nitrogens with zero attached hydrogens (tertiary/aromatic N) is 2. The number of rotatable bonds is 1. The average Bonchev–Trinajstić information content (AvgIpc) is 2.13. The van der Waals surface area contributed by atoms with Crippen molar-refractivity contribution in [3.8, 4) is 0 Å². The molecule has 0 amide bonds. The van der Waals surface area contributed by atoms with Gasteiger partial charge in [-0.2, -0.15) is 0 Å². The first-order valence-corrected chi connectivity index (χ1v) is 3.11. The van der Waals surface area contributed by atoms with E-state index in [1.165, 1.54) is 0 Å². The molecule has 0 aliphatic rings. The van der Waals surface area contributed by atoms with Crippen molar-refractivity contribution < 1.29 is 0 Å². The molecular weight excluding hydrogens is 112 g/mol. The Balaban J connectivity index is 2.94. The van der Waals surface area contributed by atoms with Crippen LogP contribution < -0.4 is 0 Å². The van der Waals surface area contributed by atoms with E-state index in [0.29, 0.717) is 5.92 Å². The number of aryl methyl sites for hydroxylation is 1. The van der Waals surface area contributed by atoms with Gasteiger partial charge in [0.2, 0.25) is 0 Å². The third-order valence-electron chi connectivity index (χ3n) is 1.31. The van der Waals surface area contributed by atoms with Crippen molar-refractivity contribution in [2.24, 2.45) is 7.05 Å². The van der Waals surface area contributed by atoms with E-state index in [9.17, 15) is 0 Å². The lowest BCUT2D eigenvalue weighted by Crippen LogP contribution is -1.98. The molecule has 0 fully saturated rings. The molecule has 2 nitrogen and oxygen atoms in total. The largest absolute Gasteiger partial charge is 0.330 e. The van der Waals surface area contributed by atoms with E-state index in [-0.39, 0.29) is 0 Å². The fourth-order valence-corrected chi connectivity index (χ4v) is 0.871.